The minimum atomic E-state index is -0.00834. The Morgan fingerprint density at radius 1 is 1.24 bits per heavy atom. The van der Waals surface area contributed by atoms with Crippen molar-refractivity contribution in [2.24, 2.45) is 5.84 Å². The standard InChI is InChI=1S/C12H12Cl2N2O/c13-10-2-1-8(5-11(10)14)6-12(16-15)9-3-4-17-7-9/h1-5,7,12,16H,6,15H2. The zero-order valence-corrected chi connectivity index (χ0v) is 10.5. The molecule has 17 heavy (non-hydrogen) atoms. The third kappa shape index (κ3) is 3.01. The van der Waals surface area contributed by atoms with Gasteiger partial charge in [-0.05, 0) is 30.2 Å². The van der Waals surface area contributed by atoms with E-state index in [0.717, 1.165) is 11.1 Å². The van der Waals surface area contributed by atoms with Crippen molar-refractivity contribution in [1.82, 2.24) is 5.43 Å². The fourth-order valence-electron chi connectivity index (χ4n) is 1.65. The summed E-state index contributed by atoms with van der Waals surface area (Å²) in [4.78, 5) is 0. The molecule has 2 aromatic rings. The first-order valence-electron chi connectivity index (χ1n) is 5.13. The number of furan rings is 1. The lowest BCUT2D eigenvalue weighted by atomic mass is 10.0. The average molecular weight is 271 g/mol. The second-order valence-corrected chi connectivity index (χ2v) is 4.54. The van der Waals surface area contributed by atoms with Crippen LogP contribution in [0.4, 0.5) is 0 Å². The lowest BCUT2D eigenvalue weighted by molar-refractivity contribution is 0.525. The second-order valence-electron chi connectivity index (χ2n) is 3.73. The van der Waals surface area contributed by atoms with Gasteiger partial charge in [0.25, 0.3) is 0 Å². The Hall–Kier alpha value is -1.00. The Bertz CT molecular complexity index is 485. The summed E-state index contributed by atoms with van der Waals surface area (Å²) in [5.74, 6) is 5.53. The summed E-state index contributed by atoms with van der Waals surface area (Å²) < 4.78 is 5.04. The molecule has 1 unspecified atom stereocenters. The first kappa shape index (κ1) is 12.5. The van der Waals surface area contributed by atoms with E-state index >= 15 is 0 Å². The van der Waals surface area contributed by atoms with Crippen LogP contribution >= 0.6 is 23.2 Å². The van der Waals surface area contributed by atoms with Crippen LogP contribution in [-0.2, 0) is 6.42 Å². The van der Waals surface area contributed by atoms with Gasteiger partial charge in [0.05, 0.1) is 28.6 Å². The number of nitrogens with one attached hydrogen (secondary N) is 1. The summed E-state index contributed by atoms with van der Waals surface area (Å²) in [7, 11) is 0. The van der Waals surface area contributed by atoms with Crippen LogP contribution in [0.25, 0.3) is 0 Å². The summed E-state index contributed by atoms with van der Waals surface area (Å²) in [6.45, 7) is 0. The van der Waals surface area contributed by atoms with E-state index in [9.17, 15) is 0 Å². The van der Waals surface area contributed by atoms with E-state index in [4.69, 9.17) is 33.5 Å². The van der Waals surface area contributed by atoms with E-state index in [-0.39, 0.29) is 6.04 Å². The molecule has 1 aromatic heterocycles. The molecule has 90 valence electrons. The van der Waals surface area contributed by atoms with E-state index in [2.05, 4.69) is 5.43 Å². The first-order chi connectivity index (χ1) is 8.20. The minimum Gasteiger partial charge on any atom is -0.472 e. The van der Waals surface area contributed by atoms with Gasteiger partial charge in [-0.15, -0.1) is 0 Å². The van der Waals surface area contributed by atoms with Gasteiger partial charge in [0.2, 0.25) is 0 Å². The van der Waals surface area contributed by atoms with Crippen molar-refractivity contribution in [3.8, 4) is 0 Å². The molecule has 0 aliphatic rings. The fraction of sp³-hybridized carbons (Fsp3) is 0.167. The molecule has 1 aromatic carbocycles. The third-order valence-electron chi connectivity index (χ3n) is 2.57. The largest absolute Gasteiger partial charge is 0.472 e. The molecule has 3 nitrogen and oxygen atoms in total. The highest BCUT2D eigenvalue weighted by Gasteiger charge is 2.12. The van der Waals surface area contributed by atoms with E-state index in [1.54, 1.807) is 18.6 Å². The molecule has 0 saturated heterocycles. The monoisotopic (exact) mass is 270 g/mol. The second kappa shape index (κ2) is 5.56. The van der Waals surface area contributed by atoms with Crippen molar-refractivity contribution < 1.29 is 4.42 Å². The van der Waals surface area contributed by atoms with Crippen LogP contribution in [0.1, 0.15) is 17.2 Å². The molecule has 0 fully saturated rings. The van der Waals surface area contributed by atoms with Gasteiger partial charge >= 0.3 is 0 Å². The molecule has 1 atom stereocenters. The summed E-state index contributed by atoms with van der Waals surface area (Å²) in [6, 6.07) is 7.42. The van der Waals surface area contributed by atoms with Crippen LogP contribution in [0.2, 0.25) is 10.0 Å². The maximum absolute atomic E-state index is 5.96. The molecule has 0 aliphatic carbocycles. The maximum Gasteiger partial charge on any atom is 0.0950 e. The molecule has 0 radical (unpaired) electrons. The molecule has 0 spiro atoms. The Morgan fingerprint density at radius 2 is 2.06 bits per heavy atom. The predicted molar refractivity (Wildman–Crippen MR) is 68.9 cm³/mol. The van der Waals surface area contributed by atoms with Crippen LogP contribution in [0, 0.1) is 0 Å². The van der Waals surface area contributed by atoms with Gasteiger partial charge in [0, 0.05) is 5.56 Å². The molecule has 3 N–H and O–H groups in total. The van der Waals surface area contributed by atoms with Crippen LogP contribution in [0.5, 0.6) is 0 Å². The Labute approximate surface area is 109 Å². The van der Waals surface area contributed by atoms with Crippen molar-refractivity contribution in [2.45, 2.75) is 12.5 Å². The first-order valence-corrected chi connectivity index (χ1v) is 5.88. The SMILES string of the molecule is NNC(Cc1ccc(Cl)c(Cl)c1)c1ccoc1. The molecular formula is C12H12Cl2N2O. The number of rotatable bonds is 4. The number of hydrogen-bond donors (Lipinski definition) is 2. The highest BCUT2D eigenvalue weighted by atomic mass is 35.5. The van der Waals surface area contributed by atoms with E-state index in [1.165, 1.54) is 0 Å². The molecule has 0 saturated carbocycles. The van der Waals surface area contributed by atoms with Crippen LogP contribution in [-0.4, -0.2) is 0 Å². The summed E-state index contributed by atoms with van der Waals surface area (Å²) in [5, 5.41) is 1.10. The fourth-order valence-corrected chi connectivity index (χ4v) is 1.97. The highest BCUT2D eigenvalue weighted by Crippen LogP contribution is 2.25. The molecule has 5 heteroatoms. The van der Waals surface area contributed by atoms with Gasteiger partial charge in [-0.1, -0.05) is 29.3 Å². The smallest absolute Gasteiger partial charge is 0.0950 e. The summed E-state index contributed by atoms with van der Waals surface area (Å²) >= 11 is 11.8. The predicted octanol–water partition coefficient (Wildman–Crippen LogP) is 3.33. The van der Waals surface area contributed by atoms with Gasteiger partial charge < -0.3 is 4.42 Å². The number of halogens is 2. The van der Waals surface area contributed by atoms with Gasteiger partial charge in [-0.3, -0.25) is 11.3 Å². The quantitative estimate of drug-likeness (QED) is 0.662. The Kier molecular flexibility index (Phi) is 4.07. The highest BCUT2D eigenvalue weighted by molar-refractivity contribution is 6.42. The van der Waals surface area contributed by atoms with E-state index in [1.807, 2.05) is 18.2 Å². The van der Waals surface area contributed by atoms with E-state index < -0.39 is 0 Å². The minimum absolute atomic E-state index is 0.00834. The van der Waals surface area contributed by atoms with Crippen molar-refractivity contribution >= 4 is 23.2 Å². The number of nitrogens with two attached hydrogens (primary N) is 1. The van der Waals surface area contributed by atoms with Gasteiger partial charge in [-0.2, -0.15) is 0 Å². The Morgan fingerprint density at radius 3 is 2.65 bits per heavy atom. The van der Waals surface area contributed by atoms with Gasteiger partial charge in [-0.25, -0.2) is 0 Å². The van der Waals surface area contributed by atoms with Gasteiger partial charge in [0.1, 0.15) is 0 Å². The number of hydrazine groups is 1. The van der Waals surface area contributed by atoms with E-state index in [0.29, 0.717) is 16.5 Å². The topological polar surface area (TPSA) is 51.2 Å². The van der Waals surface area contributed by atoms with Crippen LogP contribution in [0.15, 0.2) is 41.2 Å². The van der Waals surface area contributed by atoms with Crippen molar-refractivity contribution in [3.05, 3.63) is 58.0 Å². The maximum atomic E-state index is 5.96. The number of benzene rings is 1. The summed E-state index contributed by atoms with van der Waals surface area (Å²) in [5.41, 5.74) is 4.81. The van der Waals surface area contributed by atoms with Crippen LogP contribution in [0.3, 0.4) is 0 Å². The molecule has 2 rings (SSSR count). The lowest BCUT2D eigenvalue weighted by Crippen LogP contribution is -2.29. The molecule has 0 bridgehead atoms. The van der Waals surface area contributed by atoms with Crippen LogP contribution < -0.4 is 11.3 Å². The number of hydrogen-bond acceptors (Lipinski definition) is 3. The molecule has 0 amide bonds. The molecule has 0 aliphatic heterocycles. The summed E-state index contributed by atoms with van der Waals surface area (Å²) in [6.07, 6.45) is 4.00. The molecule has 1 heterocycles. The normalized spacial score (nSPS) is 12.6. The van der Waals surface area contributed by atoms with Gasteiger partial charge in [0.15, 0.2) is 0 Å². The Balaban J connectivity index is 2.16. The van der Waals surface area contributed by atoms with Crippen molar-refractivity contribution in [3.63, 3.8) is 0 Å². The van der Waals surface area contributed by atoms with Crippen molar-refractivity contribution in [1.29, 1.82) is 0 Å². The average Bonchev–Trinajstić information content (AvgIpc) is 2.84. The third-order valence-corrected chi connectivity index (χ3v) is 3.31. The molecular weight excluding hydrogens is 259 g/mol. The van der Waals surface area contributed by atoms with Crippen molar-refractivity contribution in [2.75, 3.05) is 0 Å². The lowest BCUT2D eigenvalue weighted by Gasteiger charge is -2.14. The zero-order chi connectivity index (χ0) is 12.3. The zero-order valence-electron chi connectivity index (χ0n) is 8.99.